The zero-order valence-corrected chi connectivity index (χ0v) is 11.8. The van der Waals surface area contributed by atoms with Crippen molar-refractivity contribution in [2.24, 2.45) is 17.3 Å². The fraction of sp³-hybridized carbons (Fsp3) is 0.857. The Balaban J connectivity index is 1.81. The van der Waals surface area contributed by atoms with Gasteiger partial charge >= 0.3 is 12.0 Å². The quantitative estimate of drug-likeness (QED) is 0.818. The molecule has 1 aliphatic carbocycles. The predicted molar refractivity (Wildman–Crippen MR) is 71.8 cm³/mol. The van der Waals surface area contributed by atoms with Crippen LogP contribution in [0.3, 0.4) is 0 Å². The van der Waals surface area contributed by atoms with Crippen molar-refractivity contribution in [3.8, 4) is 0 Å². The molecule has 1 atom stereocenters. The summed E-state index contributed by atoms with van der Waals surface area (Å²) >= 11 is 0. The van der Waals surface area contributed by atoms with E-state index in [2.05, 4.69) is 19.2 Å². The first-order valence-electron chi connectivity index (χ1n) is 7.21. The number of carbonyl (C=O) groups excluding carboxylic acids is 1. The van der Waals surface area contributed by atoms with Gasteiger partial charge in [-0.15, -0.1) is 0 Å². The Hall–Kier alpha value is -1.26. The van der Waals surface area contributed by atoms with Crippen LogP contribution in [0.25, 0.3) is 0 Å². The highest BCUT2D eigenvalue weighted by Gasteiger charge is 2.44. The third-order valence-corrected chi connectivity index (χ3v) is 4.80. The highest BCUT2D eigenvalue weighted by atomic mass is 16.4. The van der Waals surface area contributed by atoms with Crippen LogP contribution in [0.1, 0.15) is 39.5 Å². The average Bonchev–Trinajstić information content (AvgIpc) is 2.75. The van der Waals surface area contributed by atoms with Crippen LogP contribution in [-0.2, 0) is 4.79 Å². The number of carboxylic acids is 1. The molecule has 1 aliphatic heterocycles. The number of likely N-dealkylation sites (tertiary alicyclic amines) is 1. The number of hydrogen-bond acceptors (Lipinski definition) is 2. The minimum absolute atomic E-state index is 0.101. The maximum atomic E-state index is 12.0. The van der Waals surface area contributed by atoms with Crippen LogP contribution in [0, 0.1) is 17.3 Å². The van der Waals surface area contributed by atoms with E-state index in [-0.39, 0.29) is 12.6 Å². The molecular formula is C14H24N2O3. The number of nitrogens with one attached hydrogen (secondary N) is 1. The second-order valence-corrected chi connectivity index (χ2v) is 6.34. The SMILES string of the molecule is CC(C)C1CCN(C(=O)NCC2(C(=O)O)CCC2)C1. The number of carbonyl (C=O) groups is 2. The van der Waals surface area contributed by atoms with Gasteiger partial charge in [-0.1, -0.05) is 20.3 Å². The van der Waals surface area contributed by atoms with Crippen molar-refractivity contribution in [2.75, 3.05) is 19.6 Å². The van der Waals surface area contributed by atoms with Gasteiger partial charge in [0.05, 0.1) is 5.41 Å². The van der Waals surface area contributed by atoms with E-state index in [1.807, 2.05) is 4.90 Å². The molecule has 0 aromatic heterocycles. The summed E-state index contributed by atoms with van der Waals surface area (Å²) in [6, 6.07) is -0.101. The molecule has 0 spiro atoms. The Labute approximate surface area is 114 Å². The molecule has 0 bridgehead atoms. The standard InChI is InChI=1S/C14H24N2O3/c1-10(2)11-4-7-16(8-11)13(19)15-9-14(12(17)18)5-3-6-14/h10-11H,3-9H2,1-2H3,(H,15,19)(H,17,18). The zero-order valence-electron chi connectivity index (χ0n) is 11.8. The lowest BCUT2D eigenvalue weighted by molar-refractivity contribution is -0.153. The number of amides is 2. The van der Waals surface area contributed by atoms with Crippen molar-refractivity contribution >= 4 is 12.0 Å². The summed E-state index contributed by atoms with van der Waals surface area (Å²) in [5.41, 5.74) is -0.702. The molecule has 1 saturated carbocycles. The molecule has 5 nitrogen and oxygen atoms in total. The Morgan fingerprint density at radius 3 is 2.53 bits per heavy atom. The first-order valence-corrected chi connectivity index (χ1v) is 7.21. The predicted octanol–water partition coefficient (Wildman–Crippen LogP) is 1.93. The van der Waals surface area contributed by atoms with Crippen LogP contribution >= 0.6 is 0 Å². The van der Waals surface area contributed by atoms with E-state index in [1.165, 1.54) is 0 Å². The second kappa shape index (κ2) is 5.39. The van der Waals surface area contributed by atoms with Gasteiger partial charge in [-0.2, -0.15) is 0 Å². The Bertz CT molecular complexity index is 364. The number of urea groups is 1. The van der Waals surface area contributed by atoms with E-state index in [0.717, 1.165) is 25.9 Å². The molecule has 108 valence electrons. The molecule has 1 heterocycles. The summed E-state index contributed by atoms with van der Waals surface area (Å²) in [7, 11) is 0. The maximum absolute atomic E-state index is 12.0. The van der Waals surface area contributed by atoms with Crippen LogP contribution in [-0.4, -0.2) is 41.6 Å². The van der Waals surface area contributed by atoms with Crippen molar-refractivity contribution in [3.05, 3.63) is 0 Å². The van der Waals surface area contributed by atoms with Crippen molar-refractivity contribution < 1.29 is 14.7 Å². The molecule has 2 amide bonds. The van der Waals surface area contributed by atoms with Crippen LogP contribution in [0.4, 0.5) is 4.79 Å². The van der Waals surface area contributed by atoms with Crippen molar-refractivity contribution in [1.29, 1.82) is 0 Å². The van der Waals surface area contributed by atoms with Crippen LogP contribution < -0.4 is 5.32 Å². The number of rotatable bonds is 4. The monoisotopic (exact) mass is 268 g/mol. The fourth-order valence-corrected chi connectivity index (χ4v) is 2.94. The molecule has 2 N–H and O–H groups in total. The summed E-state index contributed by atoms with van der Waals surface area (Å²) in [5.74, 6) is 0.387. The van der Waals surface area contributed by atoms with E-state index in [9.17, 15) is 14.7 Å². The number of aliphatic carboxylic acids is 1. The lowest BCUT2D eigenvalue weighted by Gasteiger charge is -2.38. The van der Waals surface area contributed by atoms with E-state index >= 15 is 0 Å². The molecule has 2 rings (SSSR count). The van der Waals surface area contributed by atoms with Crippen molar-refractivity contribution in [3.63, 3.8) is 0 Å². The molecule has 0 aromatic rings. The highest BCUT2D eigenvalue weighted by molar-refractivity contribution is 5.79. The smallest absolute Gasteiger partial charge is 0.317 e. The third kappa shape index (κ3) is 2.85. The van der Waals surface area contributed by atoms with Crippen molar-refractivity contribution in [2.45, 2.75) is 39.5 Å². The van der Waals surface area contributed by atoms with Gasteiger partial charge in [-0.05, 0) is 31.1 Å². The largest absolute Gasteiger partial charge is 0.481 e. The van der Waals surface area contributed by atoms with Crippen LogP contribution in [0.2, 0.25) is 0 Å². The second-order valence-electron chi connectivity index (χ2n) is 6.34. The normalized spacial score (nSPS) is 25.2. The summed E-state index contributed by atoms with van der Waals surface area (Å²) in [6.45, 7) is 6.21. The molecule has 2 fully saturated rings. The van der Waals surface area contributed by atoms with E-state index in [0.29, 0.717) is 24.7 Å². The van der Waals surface area contributed by atoms with E-state index in [1.54, 1.807) is 0 Å². The minimum Gasteiger partial charge on any atom is -0.481 e. The molecule has 0 radical (unpaired) electrons. The minimum atomic E-state index is -0.777. The average molecular weight is 268 g/mol. The summed E-state index contributed by atoms with van der Waals surface area (Å²) in [6.07, 6.45) is 3.35. The fourth-order valence-electron chi connectivity index (χ4n) is 2.94. The van der Waals surface area contributed by atoms with Gasteiger partial charge in [0.1, 0.15) is 0 Å². The lowest BCUT2D eigenvalue weighted by atomic mass is 9.69. The first kappa shape index (κ1) is 14.2. The zero-order chi connectivity index (χ0) is 14.0. The van der Waals surface area contributed by atoms with Gasteiger partial charge in [-0.3, -0.25) is 4.79 Å². The molecule has 1 unspecified atom stereocenters. The van der Waals surface area contributed by atoms with Gasteiger partial charge in [0.25, 0.3) is 0 Å². The maximum Gasteiger partial charge on any atom is 0.317 e. The molecule has 5 heteroatoms. The molecular weight excluding hydrogens is 244 g/mol. The summed E-state index contributed by atoms with van der Waals surface area (Å²) in [4.78, 5) is 25.1. The van der Waals surface area contributed by atoms with Gasteiger partial charge in [0.2, 0.25) is 0 Å². The van der Waals surface area contributed by atoms with Crippen LogP contribution in [0.5, 0.6) is 0 Å². The summed E-state index contributed by atoms with van der Waals surface area (Å²) < 4.78 is 0. The first-order chi connectivity index (χ1) is 8.94. The molecule has 2 aliphatic rings. The van der Waals surface area contributed by atoms with E-state index in [4.69, 9.17) is 0 Å². The Morgan fingerprint density at radius 1 is 1.42 bits per heavy atom. The highest BCUT2D eigenvalue weighted by Crippen LogP contribution is 2.40. The third-order valence-electron chi connectivity index (χ3n) is 4.80. The van der Waals surface area contributed by atoms with Gasteiger partial charge in [-0.25, -0.2) is 4.79 Å². The Kier molecular flexibility index (Phi) is 4.02. The number of hydrogen-bond donors (Lipinski definition) is 2. The van der Waals surface area contributed by atoms with Gasteiger partial charge < -0.3 is 15.3 Å². The molecule has 0 aromatic carbocycles. The number of carboxylic acid groups (broad SMARTS) is 1. The topological polar surface area (TPSA) is 69.6 Å². The summed E-state index contributed by atoms with van der Waals surface area (Å²) in [5, 5.41) is 12.0. The lowest BCUT2D eigenvalue weighted by Crippen LogP contribution is -2.50. The van der Waals surface area contributed by atoms with Gasteiger partial charge in [0, 0.05) is 19.6 Å². The van der Waals surface area contributed by atoms with Gasteiger partial charge in [0.15, 0.2) is 0 Å². The number of nitrogens with zero attached hydrogens (tertiary/aromatic N) is 1. The molecule has 1 saturated heterocycles. The van der Waals surface area contributed by atoms with Crippen molar-refractivity contribution in [1.82, 2.24) is 10.2 Å². The molecule has 19 heavy (non-hydrogen) atoms. The Morgan fingerprint density at radius 2 is 2.11 bits per heavy atom. The van der Waals surface area contributed by atoms with Crippen LogP contribution in [0.15, 0.2) is 0 Å². The van der Waals surface area contributed by atoms with E-state index < -0.39 is 11.4 Å².